The predicted molar refractivity (Wildman–Crippen MR) is 96.7 cm³/mol. The SMILES string of the molecule is CN1CCN(C[C@@H]2CCC[C@@H]3CN(Cc4cnn(C)c4)C[C@@H]32)CC1. The summed E-state index contributed by atoms with van der Waals surface area (Å²) in [6.45, 7) is 10.1. The molecule has 2 aliphatic heterocycles. The van der Waals surface area contributed by atoms with Crippen molar-refractivity contribution in [2.45, 2.75) is 25.8 Å². The summed E-state index contributed by atoms with van der Waals surface area (Å²) in [6, 6.07) is 0. The number of nitrogens with zero attached hydrogens (tertiary/aromatic N) is 5. The van der Waals surface area contributed by atoms with E-state index in [0.29, 0.717) is 0 Å². The van der Waals surface area contributed by atoms with Gasteiger partial charge in [0.15, 0.2) is 0 Å². The fourth-order valence-corrected chi connectivity index (χ4v) is 5.21. The molecule has 0 amide bonds. The summed E-state index contributed by atoms with van der Waals surface area (Å²) in [5, 5.41) is 4.33. The fourth-order valence-electron chi connectivity index (χ4n) is 5.21. The van der Waals surface area contributed by atoms with Crippen molar-refractivity contribution in [2.75, 3.05) is 52.9 Å². The third-order valence-electron chi connectivity index (χ3n) is 6.58. The van der Waals surface area contributed by atoms with Gasteiger partial charge in [-0.25, -0.2) is 0 Å². The quantitative estimate of drug-likeness (QED) is 0.836. The number of rotatable bonds is 4. The van der Waals surface area contributed by atoms with Gasteiger partial charge in [0.25, 0.3) is 0 Å². The molecule has 1 aliphatic carbocycles. The number of likely N-dealkylation sites (N-methyl/N-ethyl adjacent to an activating group) is 1. The summed E-state index contributed by atoms with van der Waals surface area (Å²) in [4.78, 5) is 7.89. The second-order valence-corrected chi connectivity index (χ2v) is 8.44. The standard InChI is InChI=1S/C19H33N5/c1-21-6-8-23(9-7-21)13-17-4-3-5-18-14-24(15-19(17)18)12-16-10-20-22(2)11-16/h10-11,17-19H,3-9,12-15H2,1-2H3/t17-,18+,19+/m0/s1. The number of aromatic nitrogens is 2. The highest BCUT2D eigenvalue weighted by atomic mass is 15.3. The van der Waals surface area contributed by atoms with Gasteiger partial charge in [-0.3, -0.25) is 9.58 Å². The van der Waals surface area contributed by atoms with Gasteiger partial charge in [-0.2, -0.15) is 5.10 Å². The van der Waals surface area contributed by atoms with Crippen molar-refractivity contribution < 1.29 is 0 Å². The molecular weight excluding hydrogens is 298 g/mol. The summed E-state index contributed by atoms with van der Waals surface area (Å²) in [6.07, 6.45) is 8.55. The first-order chi connectivity index (χ1) is 11.7. The first-order valence-electron chi connectivity index (χ1n) is 9.78. The molecule has 5 nitrogen and oxygen atoms in total. The molecule has 0 spiro atoms. The van der Waals surface area contributed by atoms with Crippen LogP contribution in [0.15, 0.2) is 12.4 Å². The van der Waals surface area contributed by atoms with Crippen LogP contribution < -0.4 is 0 Å². The molecule has 2 saturated heterocycles. The maximum absolute atomic E-state index is 4.33. The van der Waals surface area contributed by atoms with Crippen LogP contribution in [0.25, 0.3) is 0 Å². The van der Waals surface area contributed by atoms with E-state index in [1.165, 1.54) is 70.6 Å². The minimum absolute atomic E-state index is 0.922. The molecule has 0 N–H and O–H groups in total. The monoisotopic (exact) mass is 331 g/mol. The molecule has 3 heterocycles. The zero-order chi connectivity index (χ0) is 16.5. The number of fused-ring (bicyclic) bond motifs is 1. The lowest BCUT2D eigenvalue weighted by Gasteiger charge is -2.39. The van der Waals surface area contributed by atoms with Gasteiger partial charge in [-0.1, -0.05) is 6.42 Å². The number of aryl methyl sites for hydroxylation is 1. The summed E-state index contributed by atoms with van der Waals surface area (Å²) in [5.74, 6) is 2.79. The van der Waals surface area contributed by atoms with Crippen LogP contribution in [0.2, 0.25) is 0 Å². The average molecular weight is 332 g/mol. The zero-order valence-corrected chi connectivity index (χ0v) is 15.4. The van der Waals surface area contributed by atoms with Gasteiger partial charge in [0, 0.05) is 71.2 Å². The minimum atomic E-state index is 0.922. The molecule has 5 heteroatoms. The van der Waals surface area contributed by atoms with Gasteiger partial charge in [-0.05, 0) is 37.6 Å². The Morgan fingerprint density at radius 2 is 1.88 bits per heavy atom. The van der Waals surface area contributed by atoms with Crippen molar-refractivity contribution >= 4 is 0 Å². The van der Waals surface area contributed by atoms with Crippen LogP contribution in [-0.4, -0.2) is 77.3 Å². The molecule has 0 radical (unpaired) electrons. The molecule has 0 unspecified atom stereocenters. The molecule has 1 aromatic rings. The smallest absolute Gasteiger partial charge is 0.0534 e. The van der Waals surface area contributed by atoms with E-state index in [1.807, 2.05) is 17.9 Å². The lowest BCUT2D eigenvalue weighted by molar-refractivity contribution is 0.0937. The largest absolute Gasteiger partial charge is 0.304 e. The molecule has 3 aliphatic rings. The Balaban J connectivity index is 1.34. The van der Waals surface area contributed by atoms with Gasteiger partial charge in [-0.15, -0.1) is 0 Å². The number of hydrogen-bond acceptors (Lipinski definition) is 4. The second kappa shape index (κ2) is 7.14. The highest BCUT2D eigenvalue weighted by molar-refractivity contribution is 5.05. The molecule has 1 aromatic heterocycles. The van der Waals surface area contributed by atoms with Gasteiger partial charge in [0.05, 0.1) is 6.20 Å². The van der Waals surface area contributed by atoms with Crippen molar-refractivity contribution in [3.05, 3.63) is 18.0 Å². The Morgan fingerprint density at radius 1 is 1.04 bits per heavy atom. The summed E-state index contributed by atoms with van der Waals surface area (Å²) < 4.78 is 1.93. The molecule has 1 saturated carbocycles. The molecule has 4 rings (SSSR count). The van der Waals surface area contributed by atoms with E-state index < -0.39 is 0 Å². The van der Waals surface area contributed by atoms with Gasteiger partial charge in [0.2, 0.25) is 0 Å². The van der Waals surface area contributed by atoms with Crippen LogP contribution in [-0.2, 0) is 13.6 Å². The third-order valence-corrected chi connectivity index (χ3v) is 6.58. The lowest BCUT2D eigenvalue weighted by Crippen LogP contribution is -2.47. The molecule has 0 aromatic carbocycles. The van der Waals surface area contributed by atoms with Crippen LogP contribution >= 0.6 is 0 Å². The number of piperazine rings is 1. The normalized spacial score (nSPS) is 33.0. The third kappa shape index (κ3) is 3.68. The van der Waals surface area contributed by atoms with E-state index in [-0.39, 0.29) is 0 Å². The second-order valence-electron chi connectivity index (χ2n) is 8.44. The van der Waals surface area contributed by atoms with E-state index in [9.17, 15) is 0 Å². The average Bonchev–Trinajstić information content (AvgIpc) is 3.16. The Morgan fingerprint density at radius 3 is 2.62 bits per heavy atom. The van der Waals surface area contributed by atoms with Crippen molar-refractivity contribution in [3.8, 4) is 0 Å². The molecule has 0 bridgehead atoms. The summed E-state index contributed by atoms with van der Waals surface area (Å²) in [5.41, 5.74) is 1.37. The van der Waals surface area contributed by atoms with Crippen LogP contribution in [0.1, 0.15) is 24.8 Å². The highest BCUT2D eigenvalue weighted by Gasteiger charge is 2.40. The van der Waals surface area contributed by atoms with E-state index in [2.05, 4.69) is 33.0 Å². The maximum atomic E-state index is 4.33. The number of hydrogen-bond donors (Lipinski definition) is 0. The molecular formula is C19H33N5. The van der Waals surface area contributed by atoms with E-state index in [1.54, 1.807) is 0 Å². The topological polar surface area (TPSA) is 27.5 Å². The molecule has 24 heavy (non-hydrogen) atoms. The fraction of sp³-hybridized carbons (Fsp3) is 0.842. The molecule has 3 fully saturated rings. The Hall–Kier alpha value is -0.910. The first-order valence-corrected chi connectivity index (χ1v) is 9.78. The zero-order valence-electron chi connectivity index (χ0n) is 15.4. The minimum Gasteiger partial charge on any atom is -0.304 e. The summed E-state index contributed by atoms with van der Waals surface area (Å²) in [7, 11) is 4.26. The predicted octanol–water partition coefficient (Wildman–Crippen LogP) is 1.52. The van der Waals surface area contributed by atoms with Crippen molar-refractivity contribution in [2.24, 2.45) is 24.8 Å². The van der Waals surface area contributed by atoms with Gasteiger partial charge >= 0.3 is 0 Å². The van der Waals surface area contributed by atoms with Gasteiger partial charge < -0.3 is 9.80 Å². The van der Waals surface area contributed by atoms with E-state index in [0.717, 1.165) is 24.3 Å². The first kappa shape index (κ1) is 16.6. The highest BCUT2D eigenvalue weighted by Crippen LogP contribution is 2.41. The molecule has 3 atom stereocenters. The Bertz CT molecular complexity index is 534. The van der Waals surface area contributed by atoms with E-state index in [4.69, 9.17) is 0 Å². The van der Waals surface area contributed by atoms with Gasteiger partial charge in [0.1, 0.15) is 0 Å². The molecule has 134 valence electrons. The van der Waals surface area contributed by atoms with Crippen LogP contribution in [0.5, 0.6) is 0 Å². The summed E-state index contributed by atoms with van der Waals surface area (Å²) >= 11 is 0. The van der Waals surface area contributed by atoms with E-state index >= 15 is 0 Å². The lowest BCUT2D eigenvalue weighted by atomic mass is 9.73. The Labute approximate surface area is 146 Å². The maximum Gasteiger partial charge on any atom is 0.0534 e. The van der Waals surface area contributed by atoms with Crippen LogP contribution in [0.3, 0.4) is 0 Å². The van der Waals surface area contributed by atoms with Crippen LogP contribution in [0, 0.1) is 17.8 Å². The van der Waals surface area contributed by atoms with Crippen molar-refractivity contribution in [1.29, 1.82) is 0 Å². The van der Waals surface area contributed by atoms with Crippen molar-refractivity contribution in [1.82, 2.24) is 24.5 Å². The van der Waals surface area contributed by atoms with Crippen LogP contribution in [0.4, 0.5) is 0 Å². The number of likely N-dealkylation sites (tertiary alicyclic amines) is 1. The van der Waals surface area contributed by atoms with Crippen molar-refractivity contribution in [3.63, 3.8) is 0 Å². The Kier molecular flexibility index (Phi) is 4.93.